The predicted molar refractivity (Wildman–Crippen MR) is 52.6 cm³/mol. The van der Waals surface area contributed by atoms with E-state index in [0.29, 0.717) is 5.92 Å². The van der Waals surface area contributed by atoms with Crippen molar-refractivity contribution in [3.05, 3.63) is 0 Å². The van der Waals surface area contributed by atoms with Crippen LogP contribution in [0.2, 0.25) is 0 Å². The van der Waals surface area contributed by atoms with Crippen LogP contribution in [-0.4, -0.2) is 45.0 Å². The molecule has 70 valence electrons. The van der Waals surface area contributed by atoms with Gasteiger partial charge in [-0.15, -0.1) is 0 Å². The molecule has 1 N–H and O–H groups in total. The Morgan fingerprint density at radius 1 is 1.42 bits per heavy atom. The molecule has 1 fully saturated rings. The third-order valence-electron chi connectivity index (χ3n) is 2.06. The van der Waals surface area contributed by atoms with Crippen LogP contribution in [0.15, 0.2) is 4.99 Å². The molecule has 0 radical (unpaired) electrons. The van der Waals surface area contributed by atoms with Gasteiger partial charge in [0.05, 0.1) is 6.67 Å². The highest BCUT2D eigenvalue weighted by atomic mass is 15.1. The minimum absolute atomic E-state index is 0.714. The summed E-state index contributed by atoms with van der Waals surface area (Å²) in [5, 5.41) is 3.34. The number of rotatable bonds is 3. The molecule has 0 spiro atoms. The van der Waals surface area contributed by atoms with Crippen LogP contribution >= 0.6 is 0 Å². The molecule has 0 saturated carbocycles. The van der Waals surface area contributed by atoms with E-state index in [1.54, 1.807) is 0 Å². The van der Waals surface area contributed by atoms with Gasteiger partial charge < -0.3 is 5.32 Å². The Balaban J connectivity index is 2.15. The Kier molecular flexibility index (Phi) is 4.25. The molecule has 0 bridgehead atoms. The van der Waals surface area contributed by atoms with E-state index in [1.807, 2.05) is 14.1 Å². The van der Waals surface area contributed by atoms with Crippen LogP contribution in [0, 0.1) is 5.92 Å². The lowest BCUT2D eigenvalue weighted by atomic mass is 10.00. The number of hydrogen-bond acceptors (Lipinski definition) is 3. The normalized spacial score (nSPS) is 20.9. The van der Waals surface area contributed by atoms with E-state index in [0.717, 1.165) is 19.8 Å². The quantitative estimate of drug-likeness (QED) is 0.626. The summed E-state index contributed by atoms with van der Waals surface area (Å²) in [4.78, 5) is 6.45. The van der Waals surface area contributed by atoms with E-state index in [4.69, 9.17) is 0 Å². The third kappa shape index (κ3) is 3.83. The van der Waals surface area contributed by atoms with Crippen LogP contribution in [0.1, 0.15) is 12.8 Å². The lowest BCUT2D eigenvalue weighted by Crippen LogP contribution is -2.28. The van der Waals surface area contributed by atoms with Gasteiger partial charge in [0.1, 0.15) is 0 Å². The fourth-order valence-corrected chi connectivity index (χ4v) is 1.35. The third-order valence-corrected chi connectivity index (χ3v) is 2.06. The van der Waals surface area contributed by atoms with E-state index < -0.39 is 0 Å². The Hall–Kier alpha value is -0.410. The first kappa shape index (κ1) is 9.68. The summed E-state index contributed by atoms with van der Waals surface area (Å²) in [5.41, 5.74) is 0. The van der Waals surface area contributed by atoms with Gasteiger partial charge in [-0.25, -0.2) is 0 Å². The van der Waals surface area contributed by atoms with E-state index in [9.17, 15) is 0 Å². The second-order valence-corrected chi connectivity index (χ2v) is 3.64. The van der Waals surface area contributed by atoms with Crippen molar-refractivity contribution in [2.45, 2.75) is 12.8 Å². The van der Waals surface area contributed by atoms with Gasteiger partial charge >= 0.3 is 0 Å². The largest absolute Gasteiger partial charge is 0.317 e. The topological polar surface area (TPSA) is 27.6 Å². The zero-order chi connectivity index (χ0) is 8.81. The molecule has 3 nitrogen and oxygen atoms in total. The minimum Gasteiger partial charge on any atom is -0.317 e. The Morgan fingerprint density at radius 3 is 2.67 bits per heavy atom. The highest BCUT2D eigenvalue weighted by molar-refractivity contribution is 5.60. The van der Waals surface area contributed by atoms with E-state index in [2.05, 4.69) is 21.4 Å². The first-order chi connectivity index (χ1) is 5.79. The van der Waals surface area contributed by atoms with Crippen molar-refractivity contribution in [2.24, 2.45) is 10.9 Å². The van der Waals surface area contributed by atoms with Crippen LogP contribution < -0.4 is 5.32 Å². The zero-order valence-electron chi connectivity index (χ0n) is 8.08. The van der Waals surface area contributed by atoms with Crippen molar-refractivity contribution >= 4 is 6.21 Å². The minimum atomic E-state index is 0.714. The lowest BCUT2D eigenvalue weighted by molar-refractivity contribution is 0.419. The molecule has 1 saturated heterocycles. The maximum Gasteiger partial charge on any atom is 0.0900 e. The van der Waals surface area contributed by atoms with Crippen molar-refractivity contribution < 1.29 is 0 Å². The lowest BCUT2D eigenvalue weighted by Gasteiger charge is -2.18. The summed E-state index contributed by atoms with van der Waals surface area (Å²) >= 11 is 0. The van der Waals surface area contributed by atoms with Crippen molar-refractivity contribution in [1.82, 2.24) is 10.2 Å². The fraction of sp³-hybridized carbons (Fsp3) is 0.889. The van der Waals surface area contributed by atoms with Gasteiger partial charge in [-0.05, 0) is 45.9 Å². The van der Waals surface area contributed by atoms with Gasteiger partial charge in [-0.2, -0.15) is 0 Å². The summed E-state index contributed by atoms with van der Waals surface area (Å²) in [6.07, 6.45) is 4.62. The number of hydrogen-bond donors (Lipinski definition) is 1. The molecule has 0 aromatic heterocycles. The van der Waals surface area contributed by atoms with Crippen molar-refractivity contribution in [3.63, 3.8) is 0 Å². The maximum atomic E-state index is 4.37. The second kappa shape index (κ2) is 5.27. The van der Waals surface area contributed by atoms with Crippen LogP contribution in [0.3, 0.4) is 0 Å². The Morgan fingerprint density at radius 2 is 2.08 bits per heavy atom. The molecule has 0 aromatic rings. The van der Waals surface area contributed by atoms with Crippen LogP contribution in [0.5, 0.6) is 0 Å². The van der Waals surface area contributed by atoms with Crippen LogP contribution in [0.4, 0.5) is 0 Å². The summed E-state index contributed by atoms with van der Waals surface area (Å²) in [7, 11) is 4.08. The summed E-state index contributed by atoms with van der Waals surface area (Å²) in [6.45, 7) is 3.13. The molecule has 12 heavy (non-hydrogen) atoms. The van der Waals surface area contributed by atoms with Crippen LogP contribution in [-0.2, 0) is 0 Å². The smallest absolute Gasteiger partial charge is 0.0900 e. The molecule has 0 aromatic carbocycles. The molecule has 0 atom stereocenters. The maximum absolute atomic E-state index is 4.37. The standard InChI is InChI=1S/C9H19N3/c1-12(2)8-11-7-9-3-5-10-6-4-9/h7,9-10H,3-6,8H2,1-2H3. The molecular formula is C9H19N3. The highest BCUT2D eigenvalue weighted by Gasteiger charge is 2.09. The SMILES string of the molecule is CN(C)CN=CC1CCNCC1. The molecule has 1 aliphatic heterocycles. The molecule has 0 unspecified atom stereocenters. The van der Waals surface area contributed by atoms with Gasteiger partial charge in [0.25, 0.3) is 0 Å². The van der Waals surface area contributed by atoms with Gasteiger partial charge in [-0.3, -0.25) is 9.89 Å². The Bertz CT molecular complexity index is 137. The number of piperidine rings is 1. The zero-order valence-corrected chi connectivity index (χ0v) is 8.08. The van der Waals surface area contributed by atoms with Crippen molar-refractivity contribution in [2.75, 3.05) is 33.9 Å². The second-order valence-electron chi connectivity index (χ2n) is 3.64. The summed E-state index contributed by atoms with van der Waals surface area (Å²) in [5.74, 6) is 0.714. The number of nitrogens with one attached hydrogen (secondary N) is 1. The van der Waals surface area contributed by atoms with Gasteiger partial charge in [0, 0.05) is 6.21 Å². The average molecular weight is 169 g/mol. The summed E-state index contributed by atoms with van der Waals surface area (Å²) in [6, 6.07) is 0. The predicted octanol–water partition coefficient (Wildman–Crippen LogP) is 0.576. The molecular weight excluding hydrogens is 150 g/mol. The molecule has 1 rings (SSSR count). The molecule has 1 heterocycles. The van der Waals surface area contributed by atoms with Gasteiger partial charge in [-0.1, -0.05) is 0 Å². The van der Waals surface area contributed by atoms with E-state index >= 15 is 0 Å². The number of nitrogens with zero attached hydrogens (tertiary/aromatic N) is 2. The molecule has 0 aliphatic carbocycles. The molecule has 0 amide bonds. The van der Waals surface area contributed by atoms with Crippen molar-refractivity contribution in [1.29, 1.82) is 0 Å². The van der Waals surface area contributed by atoms with Crippen molar-refractivity contribution in [3.8, 4) is 0 Å². The summed E-state index contributed by atoms with van der Waals surface area (Å²) < 4.78 is 0. The van der Waals surface area contributed by atoms with Gasteiger partial charge in [0.2, 0.25) is 0 Å². The number of aliphatic imine (C=N–C) groups is 1. The average Bonchev–Trinajstić information content (AvgIpc) is 2.05. The van der Waals surface area contributed by atoms with Crippen LogP contribution in [0.25, 0.3) is 0 Å². The fourth-order valence-electron chi connectivity index (χ4n) is 1.35. The molecule has 3 heteroatoms. The highest BCUT2D eigenvalue weighted by Crippen LogP contribution is 2.08. The van der Waals surface area contributed by atoms with E-state index in [-0.39, 0.29) is 0 Å². The van der Waals surface area contributed by atoms with Gasteiger partial charge in [0.15, 0.2) is 0 Å². The molecule has 1 aliphatic rings. The first-order valence-corrected chi connectivity index (χ1v) is 4.64. The Labute approximate surface area is 74.9 Å². The monoisotopic (exact) mass is 169 g/mol. The first-order valence-electron chi connectivity index (χ1n) is 4.64. The van der Waals surface area contributed by atoms with E-state index in [1.165, 1.54) is 12.8 Å².